The standard InChI is InChI=1S/C33H35NO9/c1-31(2)39-17-22(41-31)27-33(28-30(40-27)43-32(3,4)42-28)23(29(36)38-6)24-21-10-8-7-9-18(21)15-16-34(24)26(33)25(35)19-11-13-20(37-5)14-12-19/h7-16,22,26-28,30H,17H2,1-6H3/t22-,26+,27-,28+,30-,33-/m1/s1. The van der Waals surface area contributed by atoms with Gasteiger partial charge in [0.05, 0.1) is 37.5 Å². The van der Waals surface area contributed by atoms with E-state index in [9.17, 15) is 9.59 Å². The topological polar surface area (TPSA) is 102 Å². The fourth-order valence-electron chi connectivity index (χ4n) is 7.34. The summed E-state index contributed by atoms with van der Waals surface area (Å²) in [5.74, 6) is -2.15. The van der Waals surface area contributed by atoms with E-state index in [1.165, 1.54) is 7.11 Å². The van der Waals surface area contributed by atoms with Crippen LogP contribution in [0.1, 0.15) is 49.2 Å². The molecular formula is C33H35NO9. The zero-order chi connectivity index (χ0) is 30.3. The van der Waals surface area contributed by atoms with Crippen LogP contribution >= 0.6 is 0 Å². The first-order chi connectivity index (χ1) is 20.5. The Morgan fingerprint density at radius 3 is 2.33 bits per heavy atom. The number of fused-ring (bicyclic) bond motifs is 5. The molecule has 0 radical (unpaired) electrons. The summed E-state index contributed by atoms with van der Waals surface area (Å²) in [5.41, 5.74) is 1.56. The normalized spacial score (nSPS) is 33.0. The summed E-state index contributed by atoms with van der Waals surface area (Å²) in [6.45, 7) is 7.41. The molecule has 0 N–H and O–H groups in total. The molecule has 0 unspecified atom stereocenters. The third kappa shape index (κ3) is 4.12. The molecule has 3 saturated heterocycles. The van der Waals surface area contributed by atoms with Gasteiger partial charge in [-0.15, -0.1) is 0 Å². The molecular weight excluding hydrogens is 554 g/mol. The van der Waals surface area contributed by atoms with Crippen LogP contribution in [0.5, 0.6) is 5.75 Å². The van der Waals surface area contributed by atoms with Crippen LogP contribution in [-0.4, -0.2) is 79.7 Å². The lowest BCUT2D eigenvalue weighted by Crippen LogP contribution is -2.60. The fourth-order valence-corrected chi connectivity index (χ4v) is 7.34. The minimum absolute atomic E-state index is 0.182. The van der Waals surface area contributed by atoms with Gasteiger partial charge in [-0.1, -0.05) is 24.3 Å². The predicted octanol–water partition coefficient (Wildman–Crippen LogP) is 4.15. The summed E-state index contributed by atoms with van der Waals surface area (Å²) in [6.07, 6.45) is 0.516. The smallest absolute Gasteiger partial charge is 0.336 e. The lowest BCUT2D eigenvalue weighted by Gasteiger charge is -2.43. The lowest BCUT2D eigenvalue weighted by atomic mass is 9.65. The molecule has 7 rings (SSSR count). The number of rotatable bonds is 5. The molecule has 1 spiro atoms. The average molecular weight is 590 g/mol. The number of Topliss-reactive ketones (excluding diaryl/α,β-unsaturated/α-hetero) is 1. The molecule has 2 aromatic carbocycles. The Labute approximate surface area is 250 Å². The molecule has 3 fully saturated rings. The molecule has 0 aromatic heterocycles. The van der Waals surface area contributed by atoms with Crippen LogP contribution in [0.3, 0.4) is 0 Å². The first-order valence-electron chi connectivity index (χ1n) is 14.4. The Morgan fingerprint density at radius 2 is 1.65 bits per heavy atom. The number of ketones is 1. The highest BCUT2D eigenvalue weighted by molar-refractivity contribution is 6.10. The highest BCUT2D eigenvalue weighted by Gasteiger charge is 2.76. The number of nitrogens with zero attached hydrogens (tertiary/aromatic N) is 1. The number of esters is 1. The number of ether oxygens (including phenoxy) is 7. The van der Waals surface area contributed by atoms with Crippen LogP contribution in [-0.2, 0) is 33.2 Å². The maximum Gasteiger partial charge on any atom is 0.336 e. The van der Waals surface area contributed by atoms with Gasteiger partial charge in [0.15, 0.2) is 23.6 Å². The molecule has 10 nitrogen and oxygen atoms in total. The SMILES string of the molecule is COC(=O)C1=C2c3ccccc3C=CN2[C@@H](C(=O)c2ccc(OC)cc2)[C@@]12[C@@H]([C@H]1COC(C)(C)O1)O[C@@H]1OC(C)(C)O[C@@H]12. The maximum absolute atomic E-state index is 14.9. The summed E-state index contributed by atoms with van der Waals surface area (Å²) < 4.78 is 42.8. The number of benzene rings is 2. The van der Waals surface area contributed by atoms with E-state index in [-0.39, 0.29) is 18.0 Å². The molecule has 5 heterocycles. The van der Waals surface area contributed by atoms with Crippen molar-refractivity contribution < 1.29 is 42.7 Å². The van der Waals surface area contributed by atoms with Crippen molar-refractivity contribution in [2.75, 3.05) is 20.8 Å². The molecule has 5 aliphatic rings. The Hall–Kier alpha value is -3.54. The highest BCUT2D eigenvalue weighted by Crippen LogP contribution is 2.63. The summed E-state index contributed by atoms with van der Waals surface area (Å²) in [4.78, 5) is 31.0. The predicted molar refractivity (Wildman–Crippen MR) is 153 cm³/mol. The van der Waals surface area contributed by atoms with Crippen molar-refractivity contribution in [2.24, 2.45) is 5.41 Å². The van der Waals surface area contributed by atoms with Crippen molar-refractivity contribution in [3.63, 3.8) is 0 Å². The van der Waals surface area contributed by atoms with Gasteiger partial charge in [-0.2, -0.15) is 0 Å². The minimum atomic E-state index is -1.42. The Kier molecular flexibility index (Phi) is 6.39. The van der Waals surface area contributed by atoms with Gasteiger partial charge in [0.2, 0.25) is 0 Å². The van der Waals surface area contributed by atoms with E-state index in [2.05, 4.69) is 0 Å². The summed E-state index contributed by atoms with van der Waals surface area (Å²) >= 11 is 0. The van der Waals surface area contributed by atoms with Crippen molar-refractivity contribution in [1.29, 1.82) is 0 Å². The number of carbonyl (C=O) groups is 2. The van der Waals surface area contributed by atoms with Crippen LogP contribution in [0.2, 0.25) is 0 Å². The van der Waals surface area contributed by atoms with Crippen LogP contribution in [0.4, 0.5) is 0 Å². The van der Waals surface area contributed by atoms with E-state index in [4.69, 9.17) is 33.2 Å². The van der Waals surface area contributed by atoms with Gasteiger partial charge in [-0.25, -0.2) is 4.79 Å². The average Bonchev–Trinajstić information content (AvgIpc) is 3.69. The molecule has 0 bridgehead atoms. The van der Waals surface area contributed by atoms with Crippen molar-refractivity contribution in [3.8, 4) is 5.75 Å². The Balaban J connectivity index is 1.52. The van der Waals surface area contributed by atoms with Crippen molar-refractivity contribution in [2.45, 2.75) is 69.9 Å². The Morgan fingerprint density at radius 1 is 0.907 bits per heavy atom. The van der Waals surface area contributed by atoms with Crippen LogP contribution in [0.15, 0.2) is 60.3 Å². The summed E-state index contributed by atoms with van der Waals surface area (Å²) in [6, 6.07) is 13.7. The van der Waals surface area contributed by atoms with Crippen LogP contribution < -0.4 is 4.74 Å². The van der Waals surface area contributed by atoms with Gasteiger partial charge in [-0.3, -0.25) is 4.79 Å². The highest BCUT2D eigenvalue weighted by atomic mass is 16.8. The van der Waals surface area contributed by atoms with Gasteiger partial charge in [0.25, 0.3) is 0 Å². The number of hydrogen-bond donors (Lipinski definition) is 0. The van der Waals surface area contributed by atoms with Gasteiger partial charge in [-0.05, 0) is 63.6 Å². The van der Waals surface area contributed by atoms with Crippen molar-refractivity contribution in [1.82, 2.24) is 4.90 Å². The molecule has 5 aliphatic heterocycles. The minimum Gasteiger partial charge on any atom is -0.497 e. The van der Waals surface area contributed by atoms with Crippen LogP contribution in [0.25, 0.3) is 11.8 Å². The molecule has 0 amide bonds. The molecule has 6 atom stereocenters. The van der Waals surface area contributed by atoms with Gasteiger partial charge in [0, 0.05) is 17.3 Å². The van der Waals surface area contributed by atoms with E-state index in [1.54, 1.807) is 45.2 Å². The first kappa shape index (κ1) is 28.2. The van der Waals surface area contributed by atoms with E-state index in [0.29, 0.717) is 17.0 Å². The zero-order valence-electron chi connectivity index (χ0n) is 25.0. The molecule has 0 aliphatic carbocycles. The largest absolute Gasteiger partial charge is 0.497 e. The summed E-state index contributed by atoms with van der Waals surface area (Å²) in [7, 11) is 2.91. The van der Waals surface area contributed by atoms with Gasteiger partial charge in [0.1, 0.15) is 30.1 Å². The monoisotopic (exact) mass is 589 g/mol. The quantitative estimate of drug-likeness (QED) is 0.374. The van der Waals surface area contributed by atoms with E-state index in [0.717, 1.165) is 11.1 Å². The van der Waals surface area contributed by atoms with E-state index < -0.39 is 53.6 Å². The second-order valence-corrected chi connectivity index (χ2v) is 12.3. The fraction of sp³-hybridized carbons (Fsp3) is 0.455. The van der Waals surface area contributed by atoms with Crippen molar-refractivity contribution in [3.05, 3.63) is 77.0 Å². The van der Waals surface area contributed by atoms with E-state index in [1.807, 2.05) is 55.3 Å². The third-order valence-corrected chi connectivity index (χ3v) is 8.95. The molecule has 10 heteroatoms. The zero-order valence-corrected chi connectivity index (χ0v) is 25.0. The van der Waals surface area contributed by atoms with Gasteiger partial charge < -0.3 is 38.1 Å². The molecule has 43 heavy (non-hydrogen) atoms. The number of hydrogen-bond acceptors (Lipinski definition) is 10. The third-order valence-electron chi connectivity index (χ3n) is 8.95. The number of carbonyl (C=O) groups excluding carboxylic acids is 2. The molecule has 0 saturated carbocycles. The lowest BCUT2D eigenvalue weighted by molar-refractivity contribution is -0.235. The summed E-state index contributed by atoms with van der Waals surface area (Å²) in [5, 5.41) is 0. The Bertz CT molecular complexity index is 1540. The second-order valence-electron chi connectivity index (χ2n) is 12.3. The van der Waals surface area contributed by atoms with Gasteiger partial charge >= 0.3 is 5.97 Å². The van der Waals surface area contributed by atoms with Crippen LogP contribution in [0, 0.1) is 5.41 Å². The second kappa shape index (κ2) is 9.73. The molecule has 226 valence electrons. The maximum atomic E-state index is 14.9. The van der Waals surface area contributed by atoms with Crippen molar-refractivity contribution >= 4 is 23.5 Å². The van der Waals surface area contributed by atoms with E-state index >= 15 is 0 Å². The molecule has 2 aromatic rings. The number of methoxy groups -OCH3 is 2. The first-order valence-corrected chi connectivity index (χ1v) is 14.4.